The molecule has 1 saturated carbocycles. The number of carbonyl (C=O) groups excluding carboxylic acids is 2. The molecule has 0 saturated heterocycles. The number of methoxy groups -OCH3 is 1. The van der Waals surface area contributed by atoms with Gasteiger partial charge in [0.25, 0.3) is 11.8 Å². The SMILES string of the molecule is CCN(C(=O)C[NH+](CC)CC(=O)Nc1ccc(OC)cc1)C1CCCCC1. The minimum absolute atomic E-state index is 0.0782. The molecule has 1 aliphatic rings. The molecule has 0 spiro atoms. The van der Waals surface area contributed by atoms with Gasteiger partial charge in [-0.3, -0.25) is 9.59 Å². The van der Waals surface area contributed by atoms with E-state index in [1.807, 2.05) is 36.1 Å². The lowest BCUT2D eigenvalue weighted by molar-refractivity contribution is -0.882. The number of benzene rings is 1. The summed E-state index contributed by atoms with van der Waals surface area (Å²) in [6, 6.07) is 7.63. The molecule has 150 valence electrons. The molecule has 2 amide bonds. The summed E-state index contributed by atoms with van der Waals surface area (Å²) < 4.78 is 5.12. The van der Waals surface area contributed by atoms with Crippen molar-refractivity contribution in [2.24, 2.45) is 0 Å². The van der Waals surface area contributed by atoms with E-state index in [1.54, 1.807) is 7.11 Å². The summed E-state index contributed by atoms with van der Waals surface area (Å²) in [5, 5.41) is 2.90. The monoisotopic (exact) mass is 376 g/mol. The Bertz CT molecular complexity index is 597. The number of anilines is 1. The standard InChI is InChI=1S/C21H33N3O3/c1-4-23(15-20(25)22-17-11-13-19(27-3)14-12-17)16-21(26)24(5-2)18-9-7-6-8-10-18/h11-14,18H,4-10,15-16H2,1-3H3,(H,22,25)/p+1. The Kier molecular flexibility index (Phi) is 8.58. The number of nitrogens with zero attached hydrogens (tertiary/aromatic N) is 1. The molecule has 2 rings (SSSR count). The van der Waals surface area contributed by atoms with E-state index in [1.165, 1.54) is 19.3 Å². The second kappa shape index (κ2) is 10.9. The molecule has 0 radical (unpaired) electrons. The van der Waals surface area contributed by atoms with Crippen LogP contribution in [0.2, 0.25) is 0 Å². The Labute approximate surface area is 162 Å². The predicted octanol–water partition coefficient (Wildman–Crippen LogP) is 1.72. The maximum atomic E-state index is 12.8. The third kappa shape index (κ3) is 6.54. The van der Waals surface area contributed by atoms with E-state index in [0.717, 1.165) is 42.3 Å². The zero-order valence-electron chi connectivity index (χ0n) is 16.9. The number of quaternary nitrogens is 1. The van der Waals surface area contributed by atoms with Gasteiger partial charge >= 0.3 is 0 Å². The van der Waals surface area contributed by atoms with Gasteiger partial charge in [-0.25, -0.2) is 0 Å². The van der Waals surface area contributed by atoms with Gasteiger partial charge in [-0.15, -0.1) is 0 Å². The van der Waals surface area contributed by atoms with Crippen molar-refractivity contribution in [3.63, 3.8) is 0 Å². The lowest BCUT2D eigenvalue weighted by Gasteiger charge is -2.34. The molecule has 2 N–H and O–H groups in total. The molecule has 0 aliphatic heterocycles. The van der Waals surface area contributed by atoms with Crippen LogP contribution < -0.4 is 15.0 Å². The first-order chi connectivity index (χ1) is 13.1. The zero-order valence-corrected chi connectivity index (χ0v) is 16.9. The zero-order chi connectivity index (χ0) is 19.6. The van der Waals surface area contributed by atoms with Crippen molar-refractivity contribution in [1.29, 1.82) is 0 Å². The fourth-order valence-corrected chi connectivity index (χ4v) is 3.77. The molecule has 1 atom stereocenters. The summed E-state index contributed by atoms with van der Waals surface area (Å²) in [6.45, 7) is 6.21. The van der Waals surface area contributed by atoms with Crippen LogP contribution in [0.25, 0.3) is 0 Å². The number of nitrogens with one attached hydrogen (secondary N) is 2. The Morgan fingerprint density at radius 1 is 1.11 bits per heavy atom. The molecule has 6 nitrogen and oxygen atoms in total. The summed E-state index contributed by atoms with van der Waals surface area (Å²) >= 11 is 0. The number of carbonyl (C=O) groups is 2. The maximum Gasteiger partial charge on any atom is 0.279 e. The molecular weight excluding hydrogens is 342 g/mol. The number of amides is 2. The normalized spacial score (nSPS) is 15.8. The quantitative estimate of drug-likeness (QED) is 0.690. The highest BCUT2D eigenvalue weighted by atomic mass is 16.5. The van der Waals surface area contributed by atoms with Gasteiger partial charge < -0.3 is 19.9 Å². The first-order valence-corrected chi connectivity index (χ1v) is 10.1. The first kappa shape index (κ1) is 21.2. The highest BCUT2D eigenvalue weighted by Crippen LogP contribution is 2.22. The summed E-state index contributed by atoms with van der Waals surface area (Å²) in [7, 11) is 1.61. The number of ether oxygens (including phenoxy) is 1. The van der Waals surface area contributed by atoms with Gasteiger partial charge in [-0.05, 0) is 51.0 Å². The van der Waals surface area contributed by atoms with Gasteiger partial charge in [0.2, 0.25) is 0 Å². The van der Waals surface area contributed by atoms with E-state index in [9.17, 15) is 9.59 Å². The summed E-state index contributed by atoms with van der Waals surface area (Å²) in [6.07, 6.45) is 5.92. The average Bonchev–Trinajstić information content (AvgIpc) is 2.69. The van der Waals surface area contributed by atoms with Crippen LogP contribution in [0, 0.1) is 0 Å². The third-order valence-electron chi connectivity index (χ3n) is 5.36. The highest BCUT2D eigenvalue weighted by molar-refractivity contribution is 5.91. The lowest BCUT2D eigenvalue weighted by atomic mass is 9.94. The number of hydrogen-bond acceptors (Lipinski definition) is 3. The van der Waals surface area contributed by atoms with Crippen LogP contribution in [0.3, 0.4) is 0 Å². The van der Waals surface area contributed by atoms with E-state index < -0.39 is 0 Å². The summed E-state index contributed by atoms with van der Waals surface area (Å²) in [5.74, 6) is 0.839. The van der Waals surface area contributed by atoms with Crippen molar-refractivity contribution in [1.82, 2.24) is 4.90 Å². The molecule has 1 aromatic rings. The number of likely N-dealkylation sites (N-methyl/N-ethyl adjacent to an activating group) is 2. The van der Waals surface area contributed by atoms with Gasteiger partial charge in [0.1, 0.15) is 5.75 Å². The molecule has 0 heterocycles. The van der Waals surface area contributed by atoms with E-state index in [2.05, 4.69) is 12.2 Å². The molecule has 6 heteroatoms. The fraction of sp³-hybridized carbons (Fsp3) is 0.619. The lowest BCUT2D eigenvalue weighted by Crippen LogP contribution is -3.14. The second-order valence-electron chi connectivity index (χ2n) is 7.21. The molecule has 1 aromatic carbocycles. The smallest absolute Gasteiger partial charge is 0.279 e. The highest BCUT2D eigenvalue weighted by Gasteiger charge is 2.27. The minimum atomic E-state index is -0.0782. The molecule has 27 heavy (non-hydrogen) atoms. The Morgan fingerprint density at radius 3 is 2.33 bits per heavy atom. The van der Waals surface area contributed by atoms with Crippen molar-refractivity contribution in [2.45, 2.75) is 52.0 Å². The number of rotatable bonds is 9. The molecule has 0 bridgehead atoms. The molecule has 0 aromatic heterocycles. The van der Waals surface area contributed by atoms with E-state index >= 15 is 0 Å². The second-order valence-corrected chi connectivity index (χ2v) is 7.21. The summed E-state index contributed by atoms with van der Waals surface area (Å²) in [5.41, 5.74) is 0.736. The Hall–Kier alpha value is -2.08. The van der Waals surface area contributed by atoms with Crippen LogP contribution in [-0.4, -0.2) is 56.0 Å². The fourth-order valence-electron chi connectivity index (χ4n) is 3.77. The van der Waals surface area contributed by atoms with Crippen LogP contribution >= 0.6 is 0 Å². The van der Waals surface area contributed by atoms with Crippen molar-refractivity contribution in [3.8, 4) is 5.75 Å². The van der Waals surface area contributed by atoms with Crippen molar-refractivity contribution in [2.75, 3.05) is 38.6 Å². The van der Waals surface area contributed by atoms with E-state index in [0.29, 0.717) is 12.6 Å². The average molecular weight is 377 g/mol. The largest absolute Gasteiger partial charge is 0.497 e. The first-order valence-electron chi connectivity index (χ1n) is 10.1. The van der Waals surface area contributed by atoms with E-state index in [4.69, 9.17) is 4.74 Å². The minimum Gasteiger partial charge on any atom is -0.497 e. The number of hydrogen-bond donors (Lipinski definition) is 2. The topological polar surface area (TPSA) is 63.1 Å². The molecule has 1 fully saturated rings. The van der Waals surface area contributed by atoms with Gasteiger partial charge in [0, 0.05) is 18.3 Å². The van der Waals surface area contributed by atoms with E-state index in [-0.39, 0.29) is 18.4 Å². The van der Waals surface area contributed by atoms with Crippen LogP contribution in [-0.2, 0) is 9.59 Å². The van der Waals surface area contributed by atoms with Crippen molar-refractivity contribution >= 4 is 17.5 Å². The van der Waals surface area contributed by atoms with Gasteiger partial charge in [0.05, 0.1) is 13.7 Å². The predicted molar refractivity (Wildman–Crippen MR) is 107 cm³/mol. The van der Waals surface area contributed by atoms with Crippen molar-refractivity contribution < 1.29 is 19.2 Å². The summed E-state index contributed by atoms with van der Waals surface area (Å²) in [4.78, 5) is 28.2. The molecule has 1 aliphatic carbocycles. The van der Waals surface area contributed by atoms with Gasteiger partial charge in [-0.2, -0.15) is 0 Å². The van der Waals surface area contributed by atoms with Crippen LogP contribution in [0.15, 0.2) is 24.3 Å². The maximum absolute atomic E-state index is 12.8. The van der Waals surface area contributed by atoms with Crippen molar-refractivity contribution in [3.05, 3.63) is 24.3 Å². The van der Waals surface area contributed by atoms with Gasteiger partial charge in [0.15, 0.2) is 13.1 Å². The molecule has 1 unspecified atom stereocenters. The Balaban J connectivity index is 1.86. The van der Waals surface area contributed by atoms with Crippen LogP contribution in [0.1, 0.15) is 46.0 Å². The third-order valence-corrected chi connectivity index (χ3v) is 5.36. The Morgan fingerprint density at radius 2 is 1.78 bits per heavy atom. The van der Waals surface area contributed by atoms with Crippen LogP contribution in [0.4, 0.5) is 5.69 Å². The van der Waals surface area contributed by atoms with Crippen LogP contribution in [0.5, 0.6) is 5.75 Å². The molecular formula is C21H34N3O3+. The van der Waals surface area contributed by atoms with Gasteiger partial charge in [-0.1, -0.05) is 19.3 Å².